The second kappa shape index (κ2) is 12.4. The fraction of sp³-hybridized carbons (Fsp3) is 1.00. The zero-order valence-electron chi connectivity index (χ0n) is 16.8. The van der Waals surface area contributed by atoms with Crippen LogP contribution in [0.4, 0.5) is 0 Å². The quantitative estimate of drug-likeness (QED) is 0.257. The zero-order valence-corrected chi connectivity index (χ0v) is 17.8. The van der Waals surface area contributed by atoms with Crippen LogP contribution in [0.25, 0.3) is 0 Å². The van der Waals surface area contributed by atoms with Crippen LogP contribution in [0.3, 0.4) is 0 Å². The topological polar surface area (TPSA) is 27.7 Å². The van der Waals surface area contributed by atoms with Crippen molar-refractivity contribution < 1.29 is 17.8 Å². The second-order valence-corrected chi connectivity index (χ2v) is 10.6. The SMILES string of the molecule is CCCCCCCC[N+]1(CCC[Si](OC)(OC)OC)CCCCC1. The molecule has 0 radical (unpaired) electrons. The minimum absolute atomic E-state index is 0.938. The van der Waals surface area contributed by atoms with Gasteiger partial charge in [-0.2, -0.15) is 0 Å². The normalized spacial score (nSPS) is 18.0. The van der Waals surface area contributed by atoms with Crippen LogP contribution in [-0.2, 0) is 13.3 Å². The lowest BCUT2D eigenvalue weighted by atomic mass is 10.0. The fourth-order valence-corrected chi connectivity index (χ4v) is 5.86. The molecule has 1 saturated heterocycles. The van der Waals surface area contributed by atoms with E-state index >= 15 is 0 Å². The van der Waals surface area contributed by atoms with Gasteiger partial charge in [0.05, 0.1) is 26.2 Å². The van der Waals surface area contributed by atoms with Crippen LogP contribution in [0, 0.1) is 0 Å². The molecule has 1 rings (SSSR count). The Kier molecular flexibility index (Phi) is 11.4. The highest BCUT2D eigenvalue weighted by Crippen LogP contribution is 2.24. The molecule has 0 aromatic carbocycles. The van der Waals surface area contributed by atoms with Gasteiger partial charge in [0.1, 0.15) is 0 Å². The molecule has 0 N–H and O–H groups in total. The van der Waals surface area contributed by atoms with Crippen LogP contribution in [0.15, 0.2) is 0 Å². The Hall–Kier alpha value is 0.0569. The maximum atomic E-state index is 5.58. The molecule has 0 aromatic rings. The molecule has 0 saturated carbocycles. The van der Waals surface area contributed by atoms with Gasteiger partial charge in [0.2, 0.25) is 0 Å². The fourth-order valence-electron chi connectivity index (χ4n) is 4.16. The van der Waals surface area contributed by atoms with Gasteiger partial charge in [-0.05, 0) is 32.1 Å². The summed E-state index contributed by atoms with van der Waals surface area (Å²) in [4.78, 5) is 0. The lowest BCUT2D eigenvalue weighted by Gasteiger charge is -2.42. The van der Waals surface area contributed by atoms with Crippen LogP contribution in [0.2, 0.25) is 6.04 Å². The Bertz CT molecular complexity index is 297. The van der Waals surface area contributed by atoms with Gasteiger partial charge in [-0.25, -0.2) is 0 Å². The van der Waals surface area contributed by atoms with E-state index in [1.807, 2.05) is 0 Å². The number of hydrogen-bond acceptors (Lipinski definition) is 3. The predicted octanol–water partition coefficient (Wildman–Crippen LogP) is 4.62. The smallest absolute Gasteiger partial charge is 0.377 e. The van der Waals surface area contributed by atoms with Crippen molar-refractivity contribution in [1.29, 1.82) is 0 Å². The molecule has 0 amide bonds. The molecular weight excluding hydrogens is 318 g/mol. The molecule has 1 heterocycles. The maximum Gasteiger partial charge on any atom is 0.500 e. The second-order valence-electron chi connectivity index (χ2n) is 7.46. The van der Waals surface area contributed by atoms with Crippen LogP contribution in [-0.4, -0.2) is 60.8 Å². The highest BCUT2D eigenvalue weighted by Gasteiger charge is 2.39. The molecule has 0 aliphatic carbocycles. The summed E-state index contributed by atoms with van der Waals surface area (Å²) >= 11 is 0. The Morgan fingerprint density at radius 2 is 1.25 bits per heavy atom. The Morgan fingerprint density at radius 3 is 1.83 bits per heavy atom. The molecule has 5 heteroatoms. The molecule has 0 aromatic heterocycles. The number of quaternary nitrogens is 1. The first kappa shape index (κ1) is 22.1. The molecule has 1 fully saturated rings. The van der Waals surface area contributed by atoms with E-state index in [9.17, 15) is 0 Å². The van der Waals surface area contributed by atoms with Crippen LogP contribution >= 0.6 is 0 Å². The monoisotopic (exact) mass is 360 g/mol. The Balaban J connectivity index is 2.40. The van der Waals surface area contributed by atoms with Gasteiger partial charge in [0.15, 0.2) is 0 Å². The summed E-state index contributed by atoms with van der Waals surface area (Å²) < 4.78 is 18.1. The predicted molar refractivity (Wildman–Crippen MR) is 103 cm³/mol. The number of unbranched alkanes of at least 4 members (excludes halogenated alkanes) is 5. The van der Waals surface area contributed by atoms with Crippen molar-refractivity contribution in [2.75, 3.05) is 47.5 Å². The Labute approximate surface area is 151 Å². The third-order valence-electron chi connectivity index (χ3n) is 5.80. The molecule has 144 valence electrons. The van der Waals surface area contributed by atoms with Crippen molar-refractivity contribution in [2.24, 2.45) is 0 Å². The highest BCUT2D eigenvalue weighted by molar-refractivity contribution is 6.60. The van der Waals surface area contributed by atoms with Gasteiger partial charge in [-0.15, -0.1) is 0 Å². The van der Waals surface area contributed by atoms with Crippen LogP contribution < -0.4 is 0 Å². The summed E-state index contributed by atoms with van der Waals surface area (Å²) in [5.74, 6) is 0. The van der Waals surface area contributed by atoms with Gasteiger partial charge in [0, 0.05) is 33.8 Å². The van der Waals surface area contributed by atoms with Crippen LogP contribution in [0.5, 0.6) is 0 Å². The Morgan fingerprint density at radius 1 is 0.708 bits per heavy atom. The summed E-state index contributed by atoms with van der Waals surface area (Å²) in [5.41, 5.74) is 0. The summed E-state index contributed by atoms with van der Waals surface area (Å²) in [6.45, 7) is 7.66. The van der Waals surface area contributed by atoms with E-state index in [1.54, 1.807) is 21.3 Å². The molecule has 0 bridgehead atoms. The molecule has 1 aliphatic rings. The lowest BCUT2D eigenvalue weighted by Crippen LogP contribution is -2.53. The zero-order chi connectivity index (χ0) is 17.7. The minimum Gasteiger partial charge on any atom is -0.377 e. The summed E-state index contributed by atoms with van der Waals surface area (Å²) in [6, 6.07) is 0.938. The third kappa shape index (κ3) is 7.52. The first-order chi connectivity index (χ1) is 11.7. The molecule has 0 unspecified atom stereocenters. The number of nitrogens with zero attached hydrogens (tertiary/aromatic N) is 1. The average molecular weight is 361 g/mol. The lowest BCUT2D eigenvalue weighted by molar-refractivity contribution is -0.932. The van der Waals surface area contributed by atoms with E-state index in [2.05, 4.69) is 6.92 Å². The molecule has 0 spiro atoms. The van der Waals surface area contributed by atoms with Gasteiger partial charge >= 0.3 is 8.80 Å². The highest BCUT2D eigenvalue weighted by atomic mass is 28.4. The van der Waals surface area contributed by atoms with E-state index in [-0.39, 0.29) is 0 Å². The number of rotatable bonds is 14. The molecular formula is C19H42NO3Si+. The van der Waals surface area contributed by atoms with Crippen molar-refractivity contribution in [3.05, 3.63) is 0 Å². The van der Waals surface area contributed by atoms with Crippen molar-refractivity contribution in [3.63, 3.8) is 0 Å². The van der Waals surface area contributed by atoms with Gasteiger partial charge in [0.25, 0.3) is 0 Å². The number of hydrogen-bond donors (Lipinski definition) is 0. The average Bonchev–Trinajstić information content (AvgIpc) is 2.63. The minimum atomic E-state index is -2.40. The van der Waals surface area contributed by atoms with Gasteiger partial charge in [-0.3, -0.25) is 0 Å². The number of piperidine rings is 1. The van der Waals surface area contributed by atoms with Crippen molar-refractivity contribution in [3.8, 4) is 0 Å². The van der Waals surface area contributed by atoms with Crippen molar-refractivity contribution in [2.45, 2.75) is 77.2 Å². The van der Waals surface area contributed by atoms with Crippen LogP contribution in [0.1, 0.15) is 71.1 Å². The first-order valence-corrected chi connectivity index (χ1v) is 12.1. The number of likely N-dealkylation sites (tertiary alicyclic amines) is 1. The molecule has 0 atom stereocenters. The standard InChI is InChI=1S/C19H42NO3Si/c1-5-6-7-8-9-11-15-20(16-12-10-13-17-20)18-14-19-24(21-2,22-3)23-4/h5-19H2,1-4H3/q+1. The van der Waals surface area contributed by atoms with E-state index in [1.165, 1.54) is 88.4 Å². The summed E-state index contributed by atoms with van der Waals surface area (Å²) in [5, 5.41) is 0. The van der Waals surface area contributed by atoms with E-state index in [0.29, 0.717) is 0 Å². The summed E-state index contributed by atoms with van der Waals surface area (Å²) in [7, 11) is 2.77. The van der Waals surface area contributed by atoms with E-state index < -0.39 is 8.80 Å². The van der Waals surface area contributed by atoms with E-state index in [0.717, 1.165) is 12.5 Å². The molecule has 1 aliphatic heterocycles. The first-order valence-electron chi connectivity index (χ1n) is 10.2. The maximum absolute atomic E-state index is 5.58. The third-order valence-corrected chi connectivity index (χ3v) is 8.63. The van der Waals surface area contributed by atoms with E-state index in [4.69, 9.17) is 13.3 Å². The molecule has 24 heavy (non-hydrogen) atoms. The van der Waals surface area contributed by atoms with Gasteiger partial charge in [-0.1, -0.05) is 32.6 Å². The summed E-state index contributed by atoms with van der Waals surface area (Å²) in [6.07, 6.45) is 13.7. The largest absolute Gasteiger partial charge is 0.500 e. The van der Waals surface area contributed by atoms with Crippen molar-refractivity contribution in [1.82, 2.24) is 0 Å². The molecule has 4 nitrogen and oxygen atoms in total. The van der Waals surface area contributed by atoms with Gasteiger partial charge < -0.3 is 17.8 Å². The van der Waals surface area contributed by atoms with Crippen molar-refractivity contribution >= 4 is 8.80 Å².